The summed E-state index contributed by atoms with van der Waals surface area (Å²) in [5.74, 6) is -0.160. The number of halogens is 4. The molecule has 9 heteroatoms. The van der Waals surface area contributed by atoms with Gasteiger partial charge in [0.1, 0.15) is 6.61 Å². The normalized spacial score (nSPS) is 14.9. The van der Waals surface area contributed by atoms with Crippen LogP contribution in [0.25, 0.3) is 6.08 Å². The summed E-state index contributed by atoms with van der Waals surface area (Å²) in [6.07, 6.45) is -3.66. The second-order valence-corrected chi connectivity index (χ2v) is 7.88. The van der Waals surface area contributed by atoms with Crippen LogP contribution in [-0.4, -0.2) is 24.4 Å². The van der Waals surface area contributed by atoms with Gasteiger partial charge >= 0.3 is 6.18 Å². The smallest absolute Gasteiger partial charge is 0.435 e. The van der Waals surface area contributed by atoms with Gasteiger partial charge < -0.3 is 9.47 Å². The maximum absolute atomic E-state index is 13.7. The first-order valence-electron chi connectivity index (χ1n) is 10.7. The second-order valence-electron chi connectivity index (χ2n) is 7.48. The number of para-hydroxylation sites is 1. The van der Waals surface area contributed by atoms with Gasteiger partial charge in [-0.2, -0.15) is 23.3 Å². The van der Waals surface area contributed by atoms with Crippen LogP contribution in [0.3, 0.4) is 0 Å². The van der Waals surface area contributed by atoms with E-state index >= 15 is 0 Å². The first kappa shape index (κ1) is 24.3. The fraction of sp³-hybridized carbons (Fsp3) is 0.154. The van der Waals surface area contributed by atoms with Gasteiger partial charge in [-0.15, -0.1) is 0 Å². The lowest BCUT2D eigenvalue weighted by atomic mass is 10.1. The first-order chi connectivity index (χ1) is 16.8. The highest BCUT2D eigenvalue weighted by Crippen LogP contribution is 2.35. The van der Waals surface area contributed by atoms with E-state index in [0.717, 1.165) is 16.6 Å². The molecule has 0 aliphatic carbocycles. The van der Waals surface area contributed by atoms with E-state index in [4.69, 9.17) is 21.1 Å². The fourth-order valence-electron chi connectivity index (χ4n) is 3.44. The molecule has 0 spiro atoms. The van der Waals surface area contributed by atoms with Crippen molar-refractivity contribution in [1.29, 1.82) is 0 Å². The van der Waals surface area contributed by atoms with E-state index in [9.17, 15) is 18.0 Å². The van der Waals surface area contributed by atoms with E-state index < -0.39 is 23.4 Å². The minimum Gasteiger partial charge on any atom is -0.490 e. The molecular weight excluding hydrogens is 481 g/mol. The molecule has 0 saturated carbocycles. The van der Waals surface area contributed by atoms with Crippen molar-refractivity contribution in [1.82, 2.24) is 0 Å². The number of anilines is 1. The summed E-state index contributed by atoms with van der Waals surface area (Å²) >= 11 is 6.17. The van der Waals surface area contributed by atoms with E-state index in [1.807, 2.05) is 18.2 Å². The average Bonchev–Trinajstić information content (AvgIpc) is 3.17. The lowest BCUT2D eigenvalue weighted by Gasteiger charge is -2.14. The summed E-state index contributed by atoms with van der Waals surface area (Å²) in [5.41, 5.74) is -0.488. The van der Waals surface area contributed by atoms with Crippen molar-refractivity contribution in [3.05, 3.63) is 94.5 Å². The number of ether oxygens (including phenoxy) is 2. The number of hydrogen-bond donors (Lipinski definition) is 0. The number of alkyl halides is 3. The highest BCUT2D eigenvalue weighted by molar-refractivity contribution is 6.34. The van der Waals surface area contributed by atoms with Crippen LogP contribution in [0.4, 0.5) is 18.9 Å². The van der Waals surface area contributed by atoms with Gasteiger partial charge in [0, 0.05) is 10.6 Å². The van der Waals surface area contributed by atoms with Crippen LogP contribution >= 0.6 is 11.6 Å². The van der Waals surface area contributed by atoms with Gasteiger partial charge in [-0.25, -0.2) is 0 Å². The van der Waals surface area contributed by atoms with Gasteiger partial charge in [-0.05, 0) is 48.9 Å². The molecule has 0 atom stereocenters. The summed E-state index contributed by atoms with van der Waals surface area (Å²) in [5, 5.41) is 4.87. The zero-order valence-electron chi connectivity index (χ0n) is 18.6. The Morgan fingerprint density at radius 2 is 1.69 bits per heavy atom. The molecule has 0 unspecified atom stereocenters. The molecule has 1 heterocycles. The van der Waals surface area contributed by atoms with Crippen molar-refractivity contribution in [2.45, 2.75) is 19.7 Å². The maximum Gasteiger partial charge on any atom is 0.435 e. The molecule has 1 amide bonds. The van der Waals surface area contributed by atoms with Crippen molar-refractivity contribution < 1.29 is 27.4 Å². The third-order valence-corrected chi connectivity index (χ3v) is 5.44. The summed E-state index contributed by atoms with van der Waals surface area (Å²) < 4.78 is 52.7. The van der Waals surface area contributed by atoms with Crippen molar-refractivity contribution >= 4 is 35.0 Å². The lowest BCUT2D eigenvalue weighted by Crippen LogP contribution is -2.25. The van der Waals surface area contributed by atoms with E-state index in [1.54, 1.807) is 43.3 Å². The summed E-state index contributed by atoms with van der Waals surface area (Å²) in [4.78, 5) is 12.9. The van der Waals surface area contributed by atoms with Gasteiger partial charge in [-0.3, -0.25) is 4.79 Å². The van der Waals surface area contributed by atoms with E-state index in [1.165, 1.54) is 18.2 Å². The standard InChI is InChI=1S/C26H20ClF3N2O3/c1-2-34-23-15-17(12-13-22(23)35-16-18-8-6-7-11-21(18)27)14-20-24(26(28,29)30)31-32(25(20)33)19-9-4-3-5-10-19/h3-15H,2,16H2,1H3/b20-14-. The number of benzene rings is 3. The van der Waals surface area contributed by atoms with Crippen molar-refractivity contribution in [2.24, 2.45) is 5.10 Å². The molecule has 180 valence electrons. The van der Waals surface area contributed by atoms with Crippen molar-refractivity contribution in [3.8, 4) is 11.5 Å². The molecule has 0 aromatic heterocycles. The van der Waals surface area contributed by atoms with Crippen LogP contribution in [-0.2, 0) is 11.4 Å². The Morgan fingerprint density at radius 1 is 0.971 bits per heavy atom. The predicted octanol–water partition coefficient (Wildman–Crippen LogP) is 6.67. The predicted molar refractivity (Wildman–Crippen MR) is 129 cm³/mol. The summed E-state index contributed by atoms with van der Waals surface area (Å²) in [7, 11) is 0. The monoisotopic (exact) mass is 500 g/mol. The largest absolute Gasteiger partial charge is 0.490 e. The molecule has 3 aromatic carbocycles. The van der Waals surface area contributed by atoms with Crippen LogP contribution in [0.1, 0.15) is 18.1 Å². The minimum absolute atomic E-state index is 0.176. The number of nitrogens with zero attached hydrogens (tertiary/aromatic N) is 2. The highest BCUT2D eigenvalue weighted by atomic mass is 35.5. The molecule has 35 heavy (non-hydrogen) atoms. The molecular formula is C26H20ClF3N2O3. The molecule has 5 nitrogen and oxygen atoms in total. The molecule has 0 N–H and O–H groups in total. The number of carbonyl (C=O) groups is 1. The summed E-state index contributed by atoms with van der Waals surface area (Å²) in [6, 6.07) is 19.8. The molecule has 1 aliphatic heterocycles. The Kier molecular flexibility index (Phi) is 7.12. The fourth-order valence-corrected chi connectivity index (χ4v) is 3.63. The SMILES string of the molecule is CCOc1cc(/C=C2\C(=O)N(c3ccccc3)N=C2C(F)(F)F)ccc1OCc1ccccc1Cl. The quantitative estimate of drug-likeness (QED) is 0.341. The molecule has 0 saturated heterocycles. The number of hydrogen-bond acceptors (Lipinski definition) is 4. The Balaban J connectivity index is 1.65. The third-order valence-electron chi connectivity index (χ3n) is 5.07. The number of rotatable bonds is 7. The van der Waals surface area contributed by atoms with Gasteiger partial charge in [0.15, 0.2) is 17.2 Å². The van der Waals surface area contributed by atoms with E-state index in [-0.39, 0.29) is 12.3 Å². The van der Waals surface area contributed by atoms with Gasteiger partial charge in [0.25, 0.3) is 5.91 Å². The molecule has 1 aliphatic rings. The zero-order chi connectivity index (χ0) is 25.0. The second kappa shape index (κ2) is 10.2. The van der Waals surface area contributed by atoms with Crippen LogP contribution in [0, 0.1) is 0 Å². The van der Waals surface area contributed by atoms with Gasteiger partial charge in [0.05, 0.1) is 17.9 Å². The van der Waals surface area contributed by atoms with Crippen molar-refractivity contribution in [2.75, 3.05) is 11.6 Å². The average molecular weight is 501 g/mol. The van der Waals surface area contributed by atoms with Crippen LogP contribution in [0.5, 0.6) is 11.5 Å². The molecule has 0 bridgehead atoms. The Morgan fingerprint density at radius 3 is 2.37 bits per heavy atom. The van der Waals surface area contributed by atoms with Crippen molar-refractivity contribution in [3.63, 3.8) is 0 Å². The number of amides is 1. The first-order valence-corrected chi connectivity index (χ1v) is 11.1. The van der Waals surface area contributed by atoms with Gasteiger partial charge in [-0.1, -0.05) is 54.1 Å². The third kappa shape index (κ3) is 5.49. The van der Waals surface area contributed by atoms with Crippen LogP contribution in [0.15, 0.2) is 83.5 Å². The van der Waals surface area contributed by atoms with Crippen LogP contribution in [0.2, 0.25) is 5.02 Å². The Labute approximate surface area is 205 Å². The lowest BCUT2D eigenvalue weighted by molar-refractivity contribution is -0.114. The van der Waals surface area contributed by atoms with E-state index in [2.05, 4.69) is 5.10 Å². The topological polar surface area (TPSA) is 51.1 Å². The summed E-state index contributed by atoms with van der Waals surface area (Å²) in [6.45, 7) is 2.25. The number of carbonyl (C=O) groups excluding carboxylic acids is 1. The Hall–Kier alpha value is -3.78. The maximum atomic E-state index is 13.7. The minimum atomic E-state index is -4.81. The van der Waals surface area contributed by atoms with Crippen LogP contribution < -0.4 is 14.5 Å². The highest BCUT2D eigenvalue weighted by Gasteiger charge is 2.46. The molecule has 0 radical (unpaired) electrons. The molecule has 4 rings (SSSR count). The zero-order valence-corrected chi connectivity index (χ0v) is 19.3. The molecule has 3 aromatic rings. The Bertz CT molecular complexity index is 1290. The van der Waals surface area contributed by atoms with E-state index in [0.29, 0.717) is 28.7 Å². The molecule has 0 fully saturated rings. The number of hydrazone groups is 1. The van der Waals surface area contributed by atoms with Gasteiger partial charge in [0.2, 0.25) is 0 Å².